The van der Waals surface area contributed by atoms with Gasteiger partial charge < -0.3 is 9.84 Å². The molecule has 0 atom stereocenters. The van der Waals surface area contributed by atoms with E-state index in [1.165, 1.54) is 20.8 Å². The van der Waals surface area contributed by atoms with Crippen molar-refractivity contribution in [2.24, 2.45) is 0 Å². The van der Waals surface area contributed by atoms with Gasteiger partial charge in [0.1, 0.15) is 6.54 Å². The summed E-state index contributed by atoms with van der Waals surface area (Å²) in [7, 11) is -4.29. The van der Waals surface area contributed by atoms with Gasteiger partial charge in [-0.25, -0.2) is 9.52 Å². The van der Waals surface area contributed by atoms with Crippen molar-refractivity contribution in [2.75, 3.05) is 6.54 Å². The molecule has 0 rings (SSSR count). The third-order valence-corrected chi connectivity index (χ3v) is 3.55. The Labute approximate surface area is 112 Å². The molecule has 0 saturated carbocycles. The molecule has 0 bridgehead atoms. The molecule has 0 aliphatic heterocycles. The molecule has 0 spiro atoms. The van der Waals surface area contributed by atoms with Crippen molar-refractivity contribution in [3.8, 4) is 0 Å². The fourth-order valence-electron chi connectivity index (χ4n) is 1.20. The molecule has 0 aromatic rings. The number of carbonyl (C=O) groups is 2. The van der Waals surface area contributed by atoms with Crippen LogP contribution in [0.15, 0.2) is 0 Å². The van der Waals surface area contributed by atoms with Crippen LogP contribution in [0.4, 0.5) is 4.79 Å². The Balaban J connectivity index is 5.10. The molecule has 0 aliphatic carbocycles. The number of rotatable bonds is 5. The van der Waals surface area contributed by atoms with Crippen molar-refractivity contribution in [3.63, 3.8) is 0 Å². The molecular weight excluding hydrogens is 276 g/mol. The molecule has 8 nitrogen and oxygen atoms in total. The lowest BCUT2D eigenvalue weighted by molar-refractivity contribution is -0.138. The van der Waals surface area contributed by atoms with Gasteiger partial charge in [0.2, 0.25) is 0 Å². The number of nitrogens with zero attached hydrogens (tertiary/aromatic N) is 1. The van der Waals surface area contributed by atoms with Gasteiger partial charge in [0.15, 0.2) is 0 Å². The number of amides is 1. The first-order chi connectivity index (χ1) is 8.36. The van der Waals surface area contributed by atoms with Crippen LogP contribution in [-0.2, 0) is 19.7 Å². The summed E-state index contributed by atoms with van der Waals surface area (Å²) in [5.74, 6) is -1.32. The topological polar surface area (TPSA) is 113 Å². The van der Waals surface area contributed by atoms with Crippen LogP contribution in [0.2, 0.25) is 0 Å². The second-order valence-electron chi connectivity index (χ2n) is 5.13. The van der Waals surface area contributed by atoms with Gasteiger partial charge >= 0.3 is 22.3 Å². The van der Waals surface area contributed by atoms with Crippen LogP contribution >= 0.6 is 0 Å². The third kappa shape index (κ3) is 6.39. The number of ether oxygens (including phenoxy) is 1. The number of carboxylic acid groups (broad SMARTS) is 1. The summed E-state index contributed by atoms with van der Waals surface area (Å²) in [5.41, 5.74) is -0.998. The van der Waals surface area contributed by atoms with Gasteiger partial charge in [0.05, 0.1) is 6.10 Å². The number of aliphatic carboxylic acids is 1. The zero-order chi connectivity index (χ0) is 15.4. The summed E-state index contributed by atoms with van der Waals surface area (Å²) in [5, 5.41) is 8.74. The van der Waals surface area contributed by atoms with Crippen molar-refractivity contribution >= 4 is 22.3 Å². The number of carbonyl (C=O) groups excluding carboxylic acids is 1. The fourth-order valence-corrected chi connectivity index (χ4v) is 2.57. The van der Waals surface area contributed by atoms with E-state index in [0.717, 1.165) is 0 Å². The second kappa shape index (κ2) is 6.20. The van der Waals surface area contributed by atoms with E-state index in [4.69, 9.17) is 5.11 Å². The molecule has 0 aromatic heterocycles. The predicted molar refractivity (Wildman–Crippen MR) is 67.8 cm³/mol. The Morgan fingerprint density at radius 2 is 1.79 bits per heavy atom. The van der Waals surface area contributed by atoms with E-state index >= 15 is 0 Å². The summed E-state index contributed by atoms with van der Waals surface area (Å²) >= 11 is 0. The zero-order valence-corrected chi connectivity index (χ0v) is 12.4. The smallest absolute Gasteiger partial charge is 0.422 e. The van der Waals surface area contributed by atoms with E-state index in [0.29, 0.717) is 4.31 Å². The summed E-state index contributed by atoms with van der Waals surface area (Å²) in [6, 6.07) is 0. The Kier molecular flexibility index (Phi) is 5.76. The molecule has 0 fully saturated rings. The first-order valence-corrected chi connectivity index (χ1v) is 7.03. The summed E-state index contributed by atoms with van der Waals surface area (Å²) in [4.78, 5) is 22.0. The van der Waals surface area contributed by atoms with Gasteiger partial charge in [-0.3, -0.25) is 4.79 Å². The maximum Gasteiger partial charge on any atom is 0.422 e. The van der Waals surface area contributed by atoms with Gasteiger partial charge in [-0.15, -0.1) is 0 Å². The molecule has 9 heteroatoms. The largest absolute Gasteiger partial charge is 0.480 e. The van der Waals surface area contributed by atoms with Gasteiger partial charge in [0, 0.05) is 5.54 Å². The number of hydrogen-bond acceptors (Lipinski definition) is 5. The Morgan fingerprint density at radius 1 is 1.32 bits per heavy atom. The highest BCUT2D eigenvalue weighted by Crippen LogP contribution is 2.16. The van der Waals surface area contributed by atoms with Crippen LogP contribution in [0.25, 0.3) is 0 Å². The van der Waals surface area contributed by atoms with Crippen LogP contribution in [-0.4, -0.2) is 48.1 Å². The first kappa shape index (κ1) is 17.6. The van der Waals surface area contributed by atoms with Crippen LogP contribution in [0.5, 0.6) is 0 Å². The number of hydrogen-bond donors (Lipinski definition) is 2. The molecule has 0 saturated heterocycles. The van der Waals surface area contributed by atoms with E-state index in [-0.39, 0.29) is 0 Å². The quantitative estimate of drug-likeness (QED) is 0.766. The van der Waals surface area contributed by atoms with Crippen molar-refractivity contribution in [2.45, 2.75) is 46.3 Å². The lowest BCUT2D eigenvalue weighted by Crippen LogP contribution is -2.54. The minimum atomic E-state index is -4.29. The molecule has 0 radical (unpaired) electrons. The molecular formula is C10H20N2O6S. The maximum atomic E-state index is 12.0. The normalized spacial score (nSPS) is 12.6. The van der Waals surface area contributed by atoms with Crippen LogP contribution in [0, 0.1) is 0 Å². The van der Waals surface area contributed by atoms with Gasteiger partial charge in [-0.2, -0.15) is 12.7 Å². The fraction of sp³-hybridized carbons (Fsp3) is 0.800. The van der Waals surface area contributed by atoms with Crippen molar-refractivity contribution in [1.82, 2.24) is 9.03 Å². The number of nitrogens with one attached hydrogen (secondary N) is 1. The predicted octanol–water partition coefficient (Wildman–Crippen LogP) is 0.551. The van der Waals surface area contributed by atoms with Crippen molar-refractivity contribution in [1.29, 1.82) is 0 Å². The lowest BCUT2D eigenvalue weighted by Gasteiger charge is -2.32. The average Bonchev–Trinajstić information content (AvgIpc) is 2.09. The SMILES string of the molecule is CC(C)OC(=O)NS(=O)(=O)N(CC(=O)O)C(C)(C)C. The molecule has 0 unspecified atom stereocenters. The highest BCUT2D eigenvalue weighted by molar-refractivity contribution is 7.87. The summed E-state index contributed by atoms with van der Waals surface area (Å²) in [6.07, 6.45) is -1.63. The Morgan fingerprint density at radius 3 is 2.11 bits per heavy atom. The van der Waals surface area contributed by atoms with Crippen LogP contribution in [0.1, 0.15) is 34.6 Å². The van der Waals surface area contributed by atoms with E-state index < -0.39 is 40.5 Å². The lowest BCUT2D eigenvalue weighted by atomic mass is 10.1. The molecule has 0 aliphatic rings. The van der Waals surface area contributed by atoms with Crippen LogP contribution in [0.3, 0.4) is 0 Å². The van der Waals surface area contributed by atoms with Gasteiger partial charge in [-0.1, -0.05) is 0 Å². The molecule has 112 valence electrons. The minimum absolute atomic E-state index is 0.488. The molecule has 1 amide bonds. The van der Waals surface area contributed by atoms with Crippen LogP contribution < -0.4 is 4.72 Å². The molecule has 0 heterocycles. The monoisotopic (exact) mass is 296 g/mol. The third-order valence-electron chi connectivity index (χ3n) is 1.87. The Bertz CT molecular complexity index is 437. The average molecular weight is 296 g/mol. The summed E-state index contributed by atoms with van der Waals surface area (Å²) < 4.78 is 30.9. The zero-order valence-electron chi connectivity index (χ0n) is 11.6. The van der Waals surface area contributed by atoms with E-state index in [2.05, 4.69) is 4.74 Å². The second-order valence-corrected chi connectivity index (χ2v) is 6.73. The summed E-state index contributed by atoms with van der Waals surface area (Å²) in [6.45, 7) is 6.92. The molecule has 19 heavy (non-hydrogen) atoms. The number of carboxylic acids is 1. The van der Waals surface area contributed by atoms with Gasteiger partial charge in [-0.05, 0) is 34.6 Å². The highest BCUT2D eigenvalue weighted by Gasteiger charge is 2.36. The van der Waals surface area contributed by atoms with E-state index in [1.54, 1.807) is 18.6 Å². The highest BCUT2D eigenvalue weighted by atomic mass is 32.2. The van der Waals surface area contributed by atoms with E-state index in [9.17, 15) is 18.0 Å². The minimum Gasteiger partial charge on any atom is -0.480 e. The first-order valence-electron chi connectivity index (χ1n) is 5.59. The van der Waals surface area contributed by atoms with Crippen molar-refractivity contribution in [3.05, 3.63) is 0 Å². The maximum absolute atomic E-state index is 12.0. The molecule has 0 aromatic carbocycles. The Hall–Kier alpha value is -1.35. The van der Waals surface area contributed by atoms with Gasteiger partial charge in [0.25, 0.3) is 0 Å². The molecule has 2 N–H and O–H groups in total. The van der Waals surface area contributed by atoms with Crippen molar-refractivity contribution < 1.29 is 27.9 Å². The van der Waals surface area contributed by atoms with E-state index in [1.807, 2.05) is 0 Å². The standard InChI is InChI=1S/C10H20N2O6S/c1-7(2)18-9(15)11-19(16,17)12(6-8(13)14)10(3,4)5/h7H,6H2,1-5H3,(H,11,15)(H,13,14).